The van der Waals surface area contributed by atoms with Crippen molar-refractivity contribution in [2.75, 3.05) is 0 Å². The third-order valence-corrected chi connectivity index (χ3v) is 2.56. The van der Waals surface area contributed by atoms with E-state index in [4.69, 9.17) is 4.74 Å². The van der Waals surface area contributed by atoms with E-state index in [1.165, 1.54) is 12.8 Å². The van der Waals surface area contributed by atoms with E-state index in [9.17, 15) is 0 Å². The van der Waals surface area contributed by atoms with Crippen molar-refractivity contribution in [1.82, 2.24) is 0 Å². The van der Waals surface area contributed by atoms with E-state index in [0.717, 1.165) is 12.0 Å². The minimum Gasteiger partial charge on any atom is -0.356 e. The van der Waals surface area contributed by atoms with Gasteiger partial charge in [-0.1, -0.05) is 49.8 Å². The molecule has 0 bridgehead atoms. The van der Waals surface area contributed by atoms with Crippen molar-refractivity contribution < 1.29 is 4.74 Å². The largest absolute Gasteiger partial charge is 0.356 e. The first-order chi connectivity index (χ1) is 7.40. The second kappa shape index (κ2) is 5.00. The van der Waals surface area contributed by atoms with Crippen LogP contribution < -0.4 is 0 Å². The summed E-state index contributed by atoms with van der Waals surface area (Å²) < 4.78 is 5.47. The number of epoxide rings is 1. The lowest BCUT2D eigenvalue weighted by Crippen LogP contribution is -1.90. The van der Waals surface area contributed by atoms with Crippen LogP contribution >= 0.6 is 0 Å². The molecule has 1 aliphatic heterocycles. The summed E-state index contributed by atoms with van der Waals surface area (Å²) in [6.07, 6.45) is 4.23. The lowest BCUT2D eigenvalue weighted by atomic mass is 10.1. The average Bonchev–Trinajstić information content (AvgIpc) is 3.04. The Labute approximate surface area is 91.5 Å². The maximum absolute atomic E-state index is 5.47. The Morgan fingerprint density at radius 2 is 2.07 bits per heavy atom. The summed E-state index contributed by atoms with van der Waals surface area (Å²) in [6, 6.07) is 10.1. The summed E-state index contributed by atoms with van der Waals surface area (Å²) in [6.45, 7) is 2.20. The maximum atomic E-state index is 5.47. The van der Waals surface area contributed by atoms with Crippen LogP contribution in [0.1, 0.15) is 31.7 Å². The molecule has 0 amide bonds. The van der Waals surface area contributed by atoms with Crippen LogP contribution in [-0.2, 0) is 4.74 Å². The number of hydrogen-bond donors (Lipinski definition) is 0. The van der Waals surface area contributed by atoms with E-state index in [-0.39, 0.29) is 6.10 Å². The normalized spacial score (nSPS) is 23.0. The van der Waals surface area contributed by atoms with Crippen molar-refractivity contribution in [1.29, 1.82) is 0 Å². The fourth-order valence-electron chi connectivity index (χ4n) is 1.57. The number of rotatable bonds is 3. The van der Waals surface area contributed by atoms with E-state index < -0.39 is 0 Å². The van der Waals surface area contributed by atoms with Gasteiger partial charge in [-0.05, 0) is 18.6 Å². The zero-order chi connectivity index (χ0) is 10.5. The third-order valence-electron chi connectivity index (χ3n) is 2.56. The van der Waals surface area contributed by atoms with Gasteiger partial charge >= 0.3 is 0 Å². The minimum absolute atomic E-state index is 0.191. The van der Waals surface area contributed by atoms with Crippen LogP contribution in [0.5, 0.6) is 0 Å². The number of ether oxygens (including phenoxy) is 1. The first kappa shape index (κ1) is 10.3. The molecule has 1 aliphatic rings. The summed E-state index contributed by atoms with van der Waals surface area (Å²) in [5, 5.41) is 0. The van der Waals surface area contributed by atoms with Crippen molar-refractivity contribution >= 4 is 0 Å². The molecule has 1 heterocycles. The van der Waals surface area contributed by atoms with Gasteiger partial charge in [-0.2, -0.15) is 0 Å². The van der Waals surface area contributed by atoms with Crippen LogP contribution in [0.4, 0.5) is 0 Å². The Kier molecular flexibility index (Phi) is 3.42. The van der Waals surface area contributed by atoms with Crippen molar-refractivity contribution in [3.63, 3.8) is 0 Å². The summed E-state index contributed by atoms with van der Waals surface area (Å²) >= 11 is 0. The van der Waals surface area contributed by atoms with Crippen molar-refractivity contribution in [2.24, 2.45) is 0 Å². The van der Waals surface area contributed by atoms with Gasteiger partial charge in [0.25, 0.3) is 0 Å². The van der Waals surface area contributed by atoms with Gasteiger partial charge in [-0.3, -0.25) is 0 Å². The van der Waals surface area contributed by atoms with E-state index in [1.54, 1.807) is 0 Å². The Bertz CT molecular complexity index is 358. The highest BCUT2D eigenvalue weighted by molar-refractivity contribution is 5.35. The monoisotopic (exact) mass is 200 g/mol. The van der Waals surface area contributed by atoms with Gasteiger partial charge in [0.05, 0.1) is 6.10 Å². The second-order valence-electron chi connectivity index (χ2n) is 3.87. The molecule has 0 unspecified atom stereocenters. The quantitative estimate of drug-likeness (QED) is 0.540. The summed E-state index contributed by atoms with van der Waals surface area (Å²) in [5.74, 6) is 6.30. The van der Waals surface area contributed by atoms with E-state index in [2.05, 4.69) is 18.8 Å². The SMILES string of the molecule is CCCC[C@H]1O[C@H]1C#Cc1ccccc1. The fourth-order valence-corrected chi connectivity index (χ4v) is 1.57. The Morgan fingerprint density at radius 3 is 2.80 bits per heavy atom. The predicted octanol–water partition coefficient (Wildman–Crippen LogP) is 3.00. The zero-order valence-corrected chi connectivity index (χ0v) is 9.07. The lowest BCUT2D eigenvalue weighted by molar-refractivity contribution is 0.377. The van der Waals surface area contributed by atoms with E-state index in [1.807, 2.05) is 30.3 Å². The number of unbranched alkanes of at least 4 members (excludes halogenated alkanes) is 1. The van der Waals surface area contributed by atoms with E-state index in [0.29, 0.717) is 6.10 Å². The summed E-state index contributed by atoms with van der Waals surface area (Å²) in [4.78, 5) is 0. The molecule has 2 atom stereocenters. The molecule has 0 aliphatic carbocycles. The van der Waals surface area contributed by atoms with Gasteiger partial charge < -0.3 is 4.74 Å². The summed E-state index contributed by atoms with van der Waals surface area (Å²) in [7, 11) is 0. The van der Waals surface area contributed by atoms with Gasteiger partial charge in [0.1, 0.15) is 6.10 Å². The molecule has 15 heavy (non-hydrogen) atoms. The number of benzene rings is 1. The van der Waals surface area contributed by atoms with Crippen molar-refractivity contribution in [3.05, 3.63) is 35.9 Å². The molecule has 0 radical (unpaired) electrons. The third kappa shape index (κ3) is 3.11. The Balaban J connectivity index is 1.82. The minimum atomic E-state index is 0.191. The Morgan fingerprint density at radius 1 is 1.27 bits per heavy atom. The molecule has 0 aromatic heterocycles. The van der Waals surface area contributed by atoms with Gasteiger partial charge in [0.2, 0.25) is 0 Å². The topological polar surface area (TPSA) is 12.5 Å². The molecular weight excluding hydrogens is 184 g/mol. The molecule has 1 saturated heterocycles. The molecule has 0 saturated carbocycles. The first-order valence-electron chi connectivity index (χ1n) is 5.62. The van der Waals surface area contributed by atoms with Crippen LogP contribution in [0.2, 0.25) is 0 Å². The number of hydrogen-bond acceptors (Lipinski definition) is 1. The lowest BCUT2D eigenvalue weighted by Gasteiger charge is -1.88. The predicted molar refractivity (Wildman–Crippen MR) is 61.5 cm³/mol. The van der Waals surface area contributed by atoms with Gasteiger partial charge in [-0.25, -0.2) is 0 Å². The zero-order valence-electron chi connectivity index (χ0n) is 9.07. The van der Waals surface area contributed by atoms with Crippen LogP contribution in [0, 0.1) is 11.8 Å². The van der Waals surface area contributed by atoms with Gasteiger partial charge in [0.15, 0.2) is 0 Å². The van der Waals surface area contributed by atoms with E-state index >= 15 is 0 Å². The van der Waals surface area contributed by atoms with Crippen LogP contribution in [-0.4, -0.2) is 12.2 Å². The fraction of sp³-hybridized carbons (Fsp3) is 0.429. The molecule has 1 fully saturated rings. The molecule has 0 spiro atoms. The van der Waals surface area contributed by atoms with Crippen molar-refractivity contribution in [2.45, 2.75) is 38.4 Å². The Hall–Kier alpha value is -1.26. The molecule has 1 aromatic rings. The molecular formula is C14H16O. The highest BCUT2D eigenvalue weighted by Crippen LogP contribution is 2.26. The van der Waals surface area contributed by atoms with Gasteiger partial charge in [0, 0.05) is 5.56 Å². The molecule has 1 heteroatoms. The van der Waals surface area contributed by atoms with Crippen molar-refractivity contribution in [3.8, 4) is 11.8 Å². The highest BCUT2D eigenvalue weighted by Gasteiger charge is 2.36. The smallest absolute Gasteiger partial charge is 0.145 e. The van der Waals surface area contributed by atoms with Crippen LogP contribution in [0.15, 0.2) is 30.3 Å². The molecule has 1 nitrogen and oxygen atoms in total. The molecule has 0 N–H and O–H groups in total. The highest BCUT2D eigenvalue weighted by atomic mass is 16.6. The second-order valence-corrected chi connectivity index (χ2v) is 3.87. The average molecular weight is 200 g/mol. The first-order valence-corrected chi connectivity index (χ1v) is 5.62. The summed E-state index contributed by atoms with van der Waals surface area (Å²) in [5.41, 5.74) is 1.07. The van der Waals surface area contributed by atoms with Gasteiger partial charge in [-0.15, -0.1) is 0 Å². The van der Waals surface area contributed by atoms with Crippen LogP contribution in [0.3, 0.4) is 0 Å². The maximum Gasteiger partial charge on any atom is 0.145 e. The van der Waals surface area contributed by atoms with Crippen LogP contribution in [0.25, 0.3) is 0 Å². The standard InChI is InChI=1S/C14H16O/c1-2-3-9-13-14(15-13)11-10-12-7-5-4-6-8-12/h4-8,13-14H,2-3,9H2,1H3/t13-,14+/m1/s1. The molecule has 2 rings (SSSR count). The molecule has 1 aromatic carbocycles. The molecule has 78 valence electrons.